The third-order valence-electron chi connectivity index (χ3n) is 1.43. The van der Waals surface area contributed by atoms with Crippen LogP contribution in [0.5, 0.6) is 0 Å². The summed E-state index contributed by atoms with van der Waals surface area (Å²) in [5, 5.41) is 0. The molecule has 7 heteroatoms. The van der Waals surface area contributed by atoms with Gasteiger partial charge in [0.25, 0.3) is 0 Å². The average Bonchev–Trinajstić information content (AvgIpc) is 2.01. The van der Waals surface area contributed by atoms with Gasteiger partial charge in [-0.05, 0) is 5.92 Å². The third-order valence-corrected chi connectivity index (χ3v) is 4.51. The highest BCUT2D eigenvalue weighted by Gasteiger charge is 2.22. The van der Waals surface area contributed by atoms with E-state index in [0.717, 1.165) is 4.31 Å². The first kappa shape index (κ1) is 13.9. The Labute approximate surface area is 92.8 Å². The van der Waals surface area contributed by atoms with E-state index in [0.29, 0.717) is 6.54 Å². The molecule has 0 fully saturated rings. The van der Waals surface area contributed by atoms with Crippen LogP contribution in [0, 0.1) is 5.92 Å². The Morgan fingerprint density at radius 3 is 2.29 bits per heavy atom. The second-order valence-corrected chi connectivity index (χ2v) is 6.65. The minimum absolute atomic E-state index is 0.156. The van der Waals surface area contributed by atoms with Crippen molar-refractivity contribution in [2.75, 3.05) is 17.8 Å². The topological polar surface area (TPSA) is 80.5 Å². The number of alkyl halides is 1. The van der Waals surface area contributed by atoms with E-state index in [9.17, 15) is 13.2 Å². The van der Waals surface area contributed by atoms with Crippen LogP contribution in [0.4, 0.5) is 0 Å². The summed E-state index contributed by atoms with van der Waals surface area (Å²) >= 11 is 2.87. The van der Waals surface area contributed by atoms with Crippen LogP contribution >= 0.6 is 15.9 Å². The summed E-state index contributed by atoms with van der Waals surface area (Å²) in [6.07, 6.45) is 0. The number of hydrogen-bond donors (Lipinski definition) is 1. The van der Waals surface area contributed by atoms with Crippen molar-refractivity contribution in [2.24, 2.45) is 11.7 Å². The van der Waals surface area contributed by atoms with Gasteiger partial charge in [-0.2, -0.15) is 4.31 Å². The van der Waals surface area contributed by atoms with Crippen molar-refractivity contribution in [3.8, 4) is 0 Å². The number of hydrogen-bond acceptors (Lipinski definition) is 3. The maximum atomic E-state index is 11.4. The zero-order valence-corrected chi connectivity index (χ0v) is 10.6. The lowest BCUT2D eigenvalue weighted by molar-refractivity contribution is -0.118. The van der Waals surface area contributed by atoms with Crippen LogP contribution in [0.3, 0.4) is 0 Å². The van der Waals surface area contributed by atoms with Gasteiger partial charge in [0.2, 0.25) is 15.9 Å². The molecule has 5 nitrogen and oxygen atoms in total. The summed E-state index contributed by atoms with van der Waals surface area (Å²) < 4.78 is 23.8. The second kappa shape index (κ2) is 5.67. The average molecular weight is 287 g/mol. The summed E-state index contributed by atoms with van der Waals surface area (Å²) in [6, 6.07) is 0. The predicted molar refractivity (Wildman–Crippen MR) is 58.3 cm³/mol. The summed E-state index contributed by atoms with van der Waals surface area (Å²) in [5.41, 5.74) is 4.96. The fraction of sp³-hybridized carbons (Fsp3) is 0.857. The van der Waals surface area contributed by atoms with Gasteiger partial charge in [0, 0.05) is 6.54 Å². The molecular formula is C7H15BrN2O3S. The Bertz CT molecular complexity index is 289. The molecule has 0 aliphatic heterocycles. The minimum atomic E-state index is -3.40. The number of nitrogens with two attached hydrogens (primary N) is 1. The van der Waals surface area contributed by atoms with Crippen LogP contribution in [0.1, 0.15) is 13.8 Å². The van der Waals surface area contributed by atoms with Crippen LogP contribution < -0.4 is 5.73 Å². The van der Waals surface area contributed by atoms with Crippen LogP contribution in [0.2, 0.25) is 0 Å². The number of nitrogens with zero attached hydrogens (tertiary/aromatic N) is 1. The van der Waals surface area contributed by atoms with Gasteiger partial charge < -0.3 is 5.73 Å². The Balaban J connectivity index is 4.64. The Kier molecular flexibility index (Phi) is 5.61. The van der Waals surface area contributed by atoms with Gasteiger partial charge in [0.05, 0.1) is 6.54 Å². The predicted octanol–water partition coefficient (Wildman–Crippen LogP) is 0.112. The van der Waals surface area contributed by atoms with Crippen molar-refractivity contribution < 1.29 is 13.2 Å². The van der Waals surface area contributed by atoms with E-state index in [1.165, 1.54) is 0 Å². The number of carbonyl (C=O) groups excluding carboxylic acids is 1. The summed E-state index contributed by atoms with van der Waals surface area (Å²) in [5.74, 6) is -0.488. The summed E-state index contributed by atoms with van der Waals surface area (Å²) in [6.45, 7) is 3.79. The molecule has 0 saturated carbocycles. The number of rotatable bonds is 6. The van der Waals surface area contributed by atoms with E-state index < -0.39 is 15.9 Å². The Hall–Kier alpha value is -0.140. The Morgan fingerprint density at radius 1 is 1.50 bits per heavy atom. The number of carbonyl (C=O) groups is 1. The summed E-state index contributed by atoms with van der Waals surface area (Å²) in [4.78, 5) is 10.7. The highest BCUT2D eigenvalue weighted by Crippen LogP contribution is 2.08. The van der Waals surface area contributed by atoms with Crippen LogP contribution in [0.15, 0.2) is 0 Å². The molecule has 1 amide bonds. The lowest BCUT2D eigenvalue weighted by Gasteiger charge is -2.21. The molecule has 84 valence electrons. The number of amides is 1. The van der Waals surface area contributed by atoms with Gasteiger partial charge in [0.1, 0.15) is 4.66 Å². The highest BCUT2D eigenvalue weighted by atomic mass is 79.9. The fourth-order valence-corrected chi connectivity index (χ4v) is 2.78. The lowest BCUT2D eigenvalue weighted by atomic mass is 10.2. The maximum Gasteiger partial charge on any atom is 0.232 e. The van der Waals surface area contributed by atoms with Crippen molar-refractivity contribution >= 4 is 31.9 Å². The number of sulfonamides is 1. The van der Waals surface area contributed by atoms with Crippen LogP contribution in [-0.4, -0.2) is 36.4 Å². The van der Waals surface area contributed by atoms with E-state index in [2.05, 4.69) is 15.9 Å². The zero-order valence-electron chi connectivity index (χ0n) is 8.23. The molecule has 0 radical (unpaired) electrons. The van der Waals surface area contributed by atoms with E-state index in [-0.39, 0.29) is 17.1 Å². The molecule has 0 aliphatic carbocycles. The highest BCUT2D eigenvalue weighted by molar-refractivity contribution is 9.10. The van der Waals surface area contributed by atoms with Crippen molar-refractivity contribution in [3.63, 3.8) is 0 Å². The van der Waals surface area contributed by atoms with Gasteiger partial charge in [-0.15, -0.1) is 0 Å². The smallest absolute Gasteiger partial charge is 0.232 e. The lowest BCUT2D eigenvalue weighted by Crippen LogP contribution is -2.40. The molecule has 0 spiro atoms. The van der Waals surface area contributed by atoms with E-state index in [1.807, 2.05) is 13.8 Å². The molecule has 0 bridgehead atoms. The van der Waals surface area contributed by atoms with Crippen LogP contribution in [-0.2, 0) is 14.8 Å². The largest absolute Gasteiger partial charge is 0.369 e. The third kappa shape index (κ3) is 4.92. The molecule has 0 unspecified atom stereocenters. The first-order valence-corrected chi connectivity index (χ1v) is 6.84. The van der Waals surface area contributed by atoms with Gasteiger partial charge in [-0.1, -0.05) is 29.8 Å². The molecule has 0 aromatic rings. The van der Waals surface area contributed by atoms with Gasteiger partial charge in [-0.25, -0.2) is 8.42 Å². The van der Waals surface area contributed by atoms with Crippen molar-refractivity contribution in [1.29, 1.82) is 0 Å². The monoisotopic (exact) mass is 286 g/mol. The fourth-order valence-electron chi connectivity index (χ4n) is 0.927. The van der Waals surface area contributed by atoms with E-state index in [1.54, 1.807) is 0 Å². The first-order chi connectivity index (χ1) is 6.29. The Morgan fingerprint density at radius 2 is 2.00 bits per heavy atom. The van der Waals surface area contributed by atoms with Gasteiger partial charge >= 0.3 is 0 Å². The SMILES string of the molecule is CC(C)CN(CC(N)=O)S(=O)(=O)CBr. The van der Waals surface area contributed by atoms with E-state index in [4.69, 9.17) is 5.73 Å². The zero-order chi connectivity index (χ0) is 11.4. The van der Waals surface area contributed by atoms with Crippen LogP contribution in [0.25, 0.3) is 0 Å². The van der Waals surface area contributed by atoms with Gasteiger partial charge in [0.15, 0.2) is 0 Å². The molecule has 2 N–H and O–H groups in total. The van der Waals surface area contributed by atoms with Crippen molar-refractivity contribution in [3.05, 3.63) is 0 Å². The van der Waals surface area contributed by atoms with Crippen molar-refractivity contribution in [2.45, 2.75) is 13.8 Å². The molecule has 0 aromatic carbocycles. The van der Waals surface area contributed by atoms with Crippen molar-refractivity contribution in [1.82, 2.24) is 4.31 Å². The summed E-state index contributed by atoms with van der Waals surface area (Å²) in [7, 11) is -3.40. The molecule has 0 atom stereocenters. The quantitative estimate of drug-likeness (QED) is 0.704. The minimum Gasteiger partial charge on any atom is -0.369 e. The molecule has 0 aliphatic rings. The van der Waals surface area contributed by atoms with Gasteiger partial charge in [-0.3, -0.25) is 4.79 Å². The molecular weight excluding hydrogens is 272 g/mol. The normalized spacial score (nSPS) is 12.4. The molecule has 0 aromatic heterocycles. The molecule has 0 heterocycles. The first-order valence-electron chi connectivity index (χ1n) is 4.11. The standard InChI is InChI=1S/C7H15BrN2O3S/c1-6(2)3-10(4-7(9)11)14(12,13)5-8/h6H,3-5H2,1-2H3,(H2,9,11). The number of halogens is 1. The molecule has 14 heavy (non-hydrogen) atoms. The second-order valence-electron chi connectivity index (χ2n) is 3.37. The molecule has 0 saturated heterocycles. The molecule has 0 rings (SSSR count). The van der Waals surface area contributed by atoms with E-state index >= 15 is 0 Å². The maximum absolute atomic E-state index is 11.4. The number of primary amides is 1.